The van der Waals surface area contributed by atoms with Gasteiger partial charge < -0.3 is 19.4 Å². The number of pyridine rings is 1. The third-order valence-electron chi connectivity index (χ3n) is 5.56. The molecule has 9 heteroatoms. The lowest BCUT2D eigenvalue weighted by molar-refractivity contribution is 0.0644. The van der Waals surface area contributed by atoms with Crippen LogP contribution in [0.5, 0.6) is 0 Å². The number of carbonyl (C=O) groups is 1. The molecule has 5 rings (SSSR count). The molecule has 0 saturated heterocycles. The lowest BCUT2D eigenvalue weighted by atomic mass is 9.99. The summed E-state index contributed by atoms with van der Waals surface area (Å²) in [4.78, 5) is 27.1. The molecule has 0 bridgehead atoms. The molecule has 0 spiro atoms. The minimum atomic E-state index is -0.887. The molecule has 4 aromatic heterocycles. The molecule has 1 aliphatic heterocycles. The average molecular weight is 406 g/mol. The second kappa shape index (κ2) is 6.81. The van der Waals surface area contributed by atoms with Gasteiger partial charge >= 0.3 is 0 Å². The number of hydrogen-bond acceptors (Lipinski definition) is 6. The van der Waals surface area contributed by atoms with Gasteiger partial charge in [0, 0.05) is 24.9 Å². The highest BCUT2D eigenvalue weighted by atomic mass is 16.4. The van der Waals surface area contributed by atoms with Gasteiger partial charge in [-0.25, -0.2) is 14.5 Å². The number of aromatic amines is 1. The number of aryl methyl sites for hydroxylation is 2. The Morgan fingerprint density at radius 3 is 2.97 bits per heavy atom. The first-order chi connectivity index (χ1) is 14.4. The lowest BCUT2D eigenvalue weighted by Crippen LogP contribution is -2.41. The summed E-state index contributed by atoms with van der Waals surface area (Å²) in [6.07, 6.45) is 3.31. The SMILES string of the molecule is Cc1nc([C@H](C)O)oc1C(=O)N1CCc2[nH]cnc2[C@@H]1c1cc2c(C)cccn2n1. The van der Waals surface area contributed by atoms with Crippen molar-refractivity contribution in [2.75, 3.05) is 6.54 Å². The Labute approximate surface area is 172 Å². The fourth-order valence-electron chi connectivity index (χ4n) is 4.03. The van der Waals surface area contributed by atoms with Gasteiger partial charge in [-0.15, -0.1) is 0 Å². The Bertz CT molecular complexity index is 1250. The number of imidazole rings is 1. The van der Waals surface area contributed by atoms with Crippen LogP contribution >= 0.6 is 0 Å². The minimum absolute atomic E-state index is 0.133. The molecule has 1 amide bonds. The first-order valence-electron chi connectivity index (χ1n) is 9.87. The third kappa shape index (κ3) is 2.81. The van der Waals surface area contributed by atoms with Crippen molar-refractivity contribution >= 4 is 11.4 Å². The summed E-state index contributed by atoms with van der Waals surface area (Å²) < 4.78 is 7.44. The first kappa shape index (κ1) is 18.6. The zero-order valence-electron chi connectivity index (χ0n) is 17.0. The van der Waals surface area contributed by atoms with Crippen LogP contribution in [-0.4, -0.2) is 47.0 Å². The number of aliphatic hydroxyl groups excluding tert-OH is 1. The number of nitrogens with zero attached hydrogens (tertiary/aromatic N) is 5. The van der Waals surface area contributed by atoms with Gasteiger partial charge in [0.1, 0.15) is 12.1 Å². The minimum Gasteiger partial charge on any atom is -0.432 e. The quantitative estimate of drug-likeness (QED) is 0.541. The first-order valence-corrected chi connectivity index (χ1v) is 9.87. The molecule has 9 nitrogen and oxygen atoms in total. The third-order valence-corrected chi connectivity index (χ3v) is 5.56. The predicted molar refractivity (Wildman–Crippen MR) is 107 cm³/mol. The predicted octanol–water partition coefficient (Wildman–Crippen LogP) is 2.50. The van der Waals surface area contributed by atoms with Crippen LogP contribution < -0.4 is 0 Å². The number of carbonyl (C=O) groups excluding carboxylic acids is 1. The van der Waals surface area contributed by atoms with Crippen LogP contribution in [0.25, 0.3) is 5.52 Å². The normalized spacial score (nSPS) is 17.3. The average Bonchev–Trinajstić information content (AvgIpc) is 3.44. The van der Waals surface area contributed by atoms with Gasteiger partial charge in [0.25, 0.3) is 5.91 Å². The summed E-state index contributed by atoms with van der Waals surface area (Å²) in [6, 6.07) is 5.52. The van der Waals surface area contributed by atoms with Gasteiger partial charge in [-0.05, 0) is 38.5 Å². The largest absolute Gasteiger partial charge is 0.432 e. The van der Waals surface area contributed by atoms with Crippen molar-refractivity contribution in [1.29, 1.82) is 0 Å². The van der Waals surface area contributed by atoms with Crippen LogP contribution in [0.1, 0.15) is 63.9 Å². The number of hydrogen-bond donors (Lipinski definition) is 2. The summed E-state index contributed by atoms with van der Waals surface area (Å²) in [5.74, 6) is -0.0256. The van der Waals surface area contributed by atoms with Crippen molar-refractivity contribution in [3.8, 4) is 0 Å². The van der Waals surface area contributed by atoms with Crippen molar-refractivity contribution in [1.82, 2.24) is 29.5 Å². The van der Waals surface area contributed by atoms with E-state index in [-0.39, 0.29) is 17.6 Å². The van der Waals surface area contributed by atoms with Crippen LogP contribution in [0.15, 0.2) is 35.1 Å². The van der Waals surface area contributed by atoms with E-state index in [1.54, 1.807) is 25.1 Å². The Morgan fingerprint density at radius 1 is 1.40 bits per heavy atom. The molecule has 2 atom stereocenters. The summed E-state index contributed by atoms with van der Waals surface area (Å²) in [6.45, 7) is 5.77. The van der Waals surface area contributed by atoms with Gasteiger partial charge in [0.2, 0.25) is 11.7 Å². The van der Waals surface area contributed by atoms with Gasteiger partial charge in [-0.3, -0.25) is 4.79 Å². The number of aromatic nitrogens is 5. The van der Waals surface area contributed by atoms with E-state index in [4.69, 9.17) is 9.52 Å². The van der Waals surface area contributed by atoms with Crippen LogP contribution in [0.2, 0.25) is 0 Å². The summed E-state index contributed by atoms with van der Waals surface area (Å²) in [5.41, 5.74) is 5.04. The van der Waals surface area contributed by atoms with E-state index in [0.29, 0.717) is 18.7 Å². The van der Waals surface area contributed by atoms with E-state index < -0.39 is 12.1 Å². The van der Waals surface area contributed by atoms with E-state index in [9.17, 15) is 9.90 Å². The van der Waals surface area contributed by atoms with Crippen molar-refractivity contribution in [2.45, 2.75) is 39.3 Å². The topological polar surface area (TPSA) is 113 Å². The molecule has 0 radical (unpaired) electrons. The molecule has 4 aromatic rings. The molecule has 0 unspecified atom stereocenters. The monoisotopic (exact) mass is 406 g/mol. The van der Waals surface area contributed by atoms with Gasteiger partial charge in [-0.1, -0.05) is 6.07 Å². The number of H-pyrrole nitrogens is 1. The maximum atomic E-state index is 13.5. The number of oxazole rings is 1. The highest BCUT2D eigenvalue weighted by Gasteiger charge is 2.38. The Kier molecular flexibility index (Phi) is 4.21. The molecule has 0 aliphatic carbocycles. The molecule has 0 fully saturated rings. The number of amides is 1. The zero-order valence-corrected chi connectivity index (χ0v) is 17.0. The summed E-state index contributed by atoms with van der Waals surface area (Å²) in [7, 11) is 0. The van der Waals surface area contributed by atoms with Crippen molar-refractivity contribution in [3.63, 3.8) is 0 Å². The summed E-state index contributed by atoms with van der Waals surface area (Å²) >= 11 is 0. The Morgan fingerprint density at radius 2 is 2.23 bits per heavy atom. The van der Waals surface area contributed by atoms with E-state index in [1.807, 2.05) is 35.8 Å². The van der Waals surface area contributed by atoms with Crippen LogP contribution in [-0.2, 0) is 6.42 Å². The van der Waals surface area contributed by atoms with Crippen molar-refractivity contribution in [3.05, 3.63) is 70.7 Å². The van der Waals surface area contributed by atoms with E-state index in [0.717, 1.165) is 28.2 Å². The molecule has 0 aromatic carbocycles. The van der Waals surface area contributed by atoms with E-state index in [2.05, 4.69) is 15.0 Å². The number of fused-ring (bicyclic) bond motifs is 2. The second-order valence-corrected chi connectivity index (χ2v) is 7.65. The molecule has 30 heavy (non-hydrogen) atoms. The lowest BCUT2D eigenvalue weighted by Gasteiger charge is -2.33. The molecule has 154 valence electrons. The molecule has 5 heterocycles. The Balaban J connectivity index is 1.62. The van der Waals surface area contributed by atoms with Crippen LogP contribution in [0.4, 0.5) is 0 Å². The Hall–Kier alpha value is -3.46. The highest BCUT2D eigenvalue weighted by Crippen LogP contribution is 2.35. The van der Waals surface area contributed by atoms with Crippen LogP contribution in [0.3, 0.4) is 0 Å². The molecular weight excluding hydrogens is 384 g/mol. The zero-order chi connectivity index (χ0) is 21.0. The van der Waals surface area contributed by atoms with Crippen molar-refractivity contribution < 1.29 is 14.3 Å². The summed E-state index contributed by atoms with van der Waals surface area (Å²) in [5, 5.41) is 14.5. The van der Waals surface area contributed by atoms with E-state index in [1.165, 1.54) is 0 Å². The fraction of sp³-hybridized carbons (Fsp3) is 0.333. The molecule has 0 saturated carbocycles. The van der Waals surface area contributed by atoms with Crippen LogP contribution in [0, 0.1) is 13.8 Å². The number of rotatable bonds is 3. The second-order valence-electron chi connectivity index (χ2n) is 7.65. The number of aliphatic hydroxyl groups is 1. The number of nitrogens with one attached hydrogen (secondary N) is 1. The molecule has 1 aliphatic rings. The van der Waals surface area contributed by atoms with E-state index >= 15 is 0 Å². The maximum Gasteiger partial charge on any atom is 0.292 e. The standard InChI is InChI=1S/C21H22N6O3/c1-11-5-4-7-27-16(11)9-15(25-27)18-17-14(22-10-23-17)6-8-26(18)21(29)19-12(2)24-20(30-19)13(3)28/h4-5,7,9-10,13,18,28H,6,8H2,1-3H3,(H,22,23)/t13-,18-/m0/s1. The highest BCUT2D eigenvalue weighted by molar-refractivity contribution is 5.93. The fourth-order valence-corrected chi connectivity index (χ4v) is 4.03. The van der Waals surface area contributed by atoms with Gasteiger partial charge in [0.15, 0.2) is 0 Å². The smallest absolute Gasteiger partial charge is 0.292 e. The maximum absolute atomic E-state index is 13.5. The van der Waals surface area contributed by atoms with Gasteiger partial charge in [0.05, 0.1) is 28.9 Å². The van der Waals surface area contributed by atoms with Gasteiger partial charge in [-0.2, -0.15) is 5.10 Å². The molecular formula is C21H22N6O3. The van der Waals surface area contributed by atoms with Crippen molar-refractivity contribution in [2.24, 2.45) is 0 Å². The molecule has 2 N–H and O–H groups in total.